The van der Waals surface area contributed by atoms with Gasteiger partial charge in [0.25, 0.3) is 0 Å². The number of aliphatic imine (C=N–C) groups is 1. The van der Waals surface area contributed by atoms with Crippen LogP contribution in [0.3, 0.4) is 0 Å². The van der Waals surface area contributed by atoms with Gasteiger partial charge in [0, 0.05) is 11.8 Å². The maximum Gasteiger partial charge on any atom is 0.248 e. The Balaban J connectivity index is 2.53. The molecular formula is C11H12N2O. The Labute approximate surface area is 82.9 Å². The zero-order valence-corrected chi connectivity index (χ0v) is 8.24. The van der Waals surface area contributed by atoms with Crippen molar-refractivity contribution >= 4 is 17.8 Å². The van der Waals surface area contributed by atoms with E-state index in [2.05, 4.69) is 10.3 Å². The molecule has 3 nitrogen and oxygen atoms in total. The van der Waals surface area contributed by atoms with Gasteiger partial charge in [-0.25, -0.2) is 0 Å². The highest BCUT2D eigenvalue weighted by atomic mass is 16.2. The van der Waals surface area contributed by atoms with E-state index in [0.29, 0.717) is 0 Å². The Kier molecular flexibility index (Phi) is 2.08. The average Bonchev–Trinajstić information content (AvgIpc) is 2.30. The van der Waals surface area contributed by atoms with Gasteiger partial charge in [-0.3, -0.25) is 9.79 Å². The molecule has 0 spiro atoms. The summed E-state index contributed by atoms with van der Waals surface area (Å²) in [6, 6.07) is 5.58. The lowest BCUT2D eigenvalue weighted by atomic mass is 10.1. The number of nitrogens with zero attached hydrogens (tertiary/aromatic N) is 1. The van der Waals surface area contributed by atoms with Crippen LogP contribution < -0.4 is 5.32 Å². The molecule has 1 aromatic rings. The standard InChI is InChI=1S/C11H12N2O/c1-7-4-3-5-9-6-12-8(2)11(14)13-10(7)9/h3-6,8H,1-2H3,(H,13,14). The molecule has 1 heterocycles. The predicted octanol–water partition coefficient (Wildman–Crippen LogP) is 1.75. The van der Waals surface area contributed by atoms with Crippen molar-refractivity contribution in [1.82, 2.24) is 0 Å². The molecule has 1 unspecified atom stereocenters. The van der Waals surface area contributed by atoms with E-state index in [1.165, 1.54) is 0 Å². The lowest BCUT2D eigenvalue weighted by molar-refractivity contribution is -0.116. The SMILES string of the molecule is Cc1cccc2c1NC(=O)C(C)N=C2. The number of aryl methyl sites for hydroxylation is 1. The number of benzodiazepines with no additional fused rings is 1. The summed E-state index contributed by atoms with van der Waals surface area (Å²) >= 11 is 0. The van der Waals surface area contributed by atoms with E-state index >= 15 is 0 Å². The number of carbonyl (C=O) groups excluding carboxylic acids is 1. The maximum absolute atomic E-state index is 11.5. The van der Waals surface area contributed by atoms with Crippen LogP contribution >= 0.6 is 0 Å². The number of nitrogens with one attached hydrogen (secondary N) is 1. The minimum absolute atomic E-state index is 0.0469. The van der Waals surface area contributed by atoms with Crippen LogP contribution in [-0.2, 0) is 4.79 Å². The van der Waals surface area contributed by atoms with E-state index in [-0.39, 0.29) is 11.9 Å². The van der Waals surface area contributed by atoms with Gasteiger partial charge >= 0.3 is 0 Å². The third kappa shape index (κ3) is 1.41. The molecule has 1 amide bonds. The molecule has 0 aromatic heterocycles. The first-order chi connectivity index (χ1) is 6.68. The molecule has 72 valence electrons. The van der Waals surface area contributed by atoms with Crippen LogP contribution in [0.15, 0.2) is 23.2 Å². The van der Waals surface area contributed by atoms with Crippen molar-refractivity contribution in [3.05, 3.63) is 29.3 Å². The third-order valence-electron chi connectivity index (χ3n) is 2.37. The Hall–Kier alpha value is -1.64. The van der Waals surface area contributed by atoms with E-state index in [0.717, 1.165) is 16.8 Å². The highest BCUT2D eigenvalue weighted by Crippen LogP contribution is 2.21. The summed E-state index contributed by atoms with van der Waals surface area (Å²) in [5.74, 6) is -0.0469. The third-order valence-corrected chi connectivity index (χ3v) is 2.37. The van der Waals surface area contributed by atoms with Crippen molar-refractivity contribution in [3.63, 3.8) is 0 Å². The van der Waals surface area contributed by atoms with Crippen LogP contribution in [0.5, 0.6) is 0 Å². The van der Waals surface area contributed by atoms with Crippen LogP contribution in [0.25, 0.3) is 0 Å². The fraction of sp³-hybridized carbons (Fsp3) is 0.273. The molecule has 2 rings (SSSR count). The lowest BCUT2D eigenvalue weighted by Gasteiger charge is -2.09. The van der Waals surface area contributed by atoms with Crippen molar-refractivity contribution in [2.24, 2.45) is 4.99 Å². The zero-order chi connectivity index (χ0) is 10.1. The molecule has 0 saturated carbocycles. The van der Waals surface area contributed by atoms with Crippen molar-refractivity contribution in [3.8, 4) is 0 Å². The largest absolute Gasteiger partial charge is 0.323 e. The molecule has 1 aliphatic rings. The monoisotopic (exact) mass is 188 g/mol. The Morgan fingerprint density at radius 1 is 1.43 bits per heavy atom. The lowest BCUT2D eigenvalue weighted by Crippen LogP contribution is -2.22. The molecular weight excluding hydrogens is 176 g/mol. The quantitative estimate of drug-likeness (QED) is 0.662. The zero-order valence-electron chi connectivity index (χ0n) is 8.24. The number of amides is 1. The Morgan fingerprint density at radius 2 is 2.21 bits per heavy atom. The Bertz CT molecular complexity index is 410. The number of fused-ring (bicyclic) bond motifs is 1. The summed E-state index contributed by atoms with van der Waals surface area (Å²) in [5, 5.41) is 2.88. The van der Waals surface area contributed by atoms with Crippen molar-refractivity contribution in [2.75, 3.05) is 5.32 Å². The number of hydrogen-bond donors (Lipinski definition) is 1. The summed E-state index contributed by atoms with van der Waals surface area (Å²) in [6.07, 6.45) is 1.75. The first-order valence-electron chi connectivity index (χ1n) is 4.62. The van der Waals surface area contributed by atoms with Crippen LogP contribution in [-0.4, -0.2) is 18.2 Å². The van der Waals surface area contributed by atoms with E-state index in [1.807, 2.05) is 25.1 Å². The molecule has 0 fully saturated rings. The smallest absolute Gasteiger partial charge is 0.248 e. The number of anilines is 1. The highest BCUT2D eigenvalue weighted by Gasteiger charge is 2.16. The number of para-hydroxylation sites is 1. The second-order valence-electron chi connectivity index (χ2n) is 3.48. The number of carbonyl (C=O) groups is 1. The van der Waals surface area contributed by atoms with Gasteiger partial charge in [0.15, 0.2) is 0 Å². The van der Waals surface area contributed by atoms with Gasteiger partial charge < -0.3 is 5.32 Å². The normalized spacial score (nSPS) is 19.9. The highest BCUT2D eigenvalue weighted by molar-refractivity contribution is 6.04. The predicted molar refractivity (Wildman–Crippen MR) is 56.9 cm³/mol. The molecule has 3 heteroatoms. The van der Waals surface area contributed by atoms with Crippen LogP contribution in [0.2, 0.25) is 0 Å². The molecule has 0 bridgehead atoms. The topological polar surface area (TPSA) is 41.5 Å². The van der Waals surface area contributed by atoms with Crippen LogP contribution in [0, 0.1) is 6.92 Å². The van der Waals surface area contributed by atoms with Gasteiger partial charge in [-0.05, 0) is 19.4 Å². The first-order valence-corrected chi connectivity index (χ1v) is 4.62. The molecule has 0 radical (unpaired) electrons. The fourth-order valence-electron chi connectivity index (χ4n) is 1.46. The van der Waals surface area contributed by atoms with Gasteiger partial charge in [-0.15, -0.1) is 0 Å². The van der Waals surface area contributed by atoms with Crippen molar-refractivity contribution in [2.45, 2.75) is 19.9 Å². The first kappa shape index (κ1) is 8.94. The molecule has 14 heavy (non-hydrogen) atoms. The summed E-state index contributed by atoms with van der Waals surface area (Å²) in [5.41, 5.74) is 2.92. The minimum Gasteiger partial charge on any atom is -0.323 e. The summed E-state index contributed by atoms with van der Waals surface area (Å²) in [7, 11) is 0. The number of hydrogen-bond acceptors (Lipinski definition) is 2. The summed E-state index contributed by atoms with van der Waals surface area (Å²) in [6.45, 7) is 3.76. The molecule has 1 aromatic carbocycles. The van der Waals surface area contributed by atoms with Gasteiger partial charge in [0.2, 0.25) is 5.91 Å². The number of benzene rings is 1. The molecule has 1 aliphatic heterocycles. The van der Waals surface area contributed by atoms with E-state index in [1.54, 1.807) is 13.1 Å². The average molecular weight is 188 g/mol. The summed E-state index contributed by atoms with van der Waals surface area (Å²) < 4.78 is 0. The molecule has 0 saturated heterocycles. The summed E-state index contributed by atoms with van der Waals surface area (Å²) in [4.78, 5) is 15.7. The second kappa shape index (κ2) is 3.25. The van der Waals surface area contributed by atoms with Crippen molar-refractivity contribution < 1.29 is 4.79 Å². The minimum atomic E-state index is -0.304. The van der Waals surface area contributed by atoms with E-state index in [4.69, 9.17) is 0 Å². The molecule has 0 aliphatic carbocycles. The van der Waals surface area contributed by atoms with E-state index < -0.39 is 0 Å². The second-order valence-corrected chi connectivity index (χ2v) is 3.48. The van der Waals surface area contributed by atoms with Crippen molar-refractivity contribution in [1.29, 1.82) is 0 Å². The number of rotatable bonds is 0. The maximum atomic E-state index is 11.5. The van der Waals surface area contributed by atoms with Crippen LogP contribution in [0.1, 0.15) is 18.1 Å². The van der Waals surface area contributed by atoms with E-state index in [9.17, 15) is 4.79 Å². The van der Waals surface area contributed by atoms with Gasteiger partial charge in [-0.1, -0.05) is 18.2 Å². The van der Waals surface area contributed by atoms with Crippen LogP contribution in [0.4, 0.5) is 5.69 Å². The van der Waals surface area contributed by atoms with Gasteiger partial charge in [-0.2, -0.15) is 0 Å². The fourth-order valence-corrected chi connectivity index (χ4v) is 1.46. The van der Waals surface area contributed by atoms with Gasteiger partial charge in [0.1, 0.15) is 6.04 Å². The Morgan fingerprint density at radius 3 is 3.00 bits per heavy atom. The van der Waals surface area contributed by atoms with Gasteiger partial charge in [0.05, 0.1) is 5.69 Å². The molecule has 1 atom stereocenters. The molecule has 1 N–H and O–H groups in total.